The number of rotatable bonds is 7. The second-order valence-electron chi connectivity index (χ2n) is 9.82. The second-order valence-corrected chi connectivity index (χ2v) is 11.8. The minimum absolute atomic E-state index is 0.0378. The third kappa shape index (κ3) is 6.35. The monoisotopic (exact) mass is 591 g/mol. The first-order valence-electron chi connectivity index (χ1n) is 12.7. The van der Waals surface area contributed by atoms with Gasteiger partial charge in [0, 0.05) is 30.7 Å². The Morgan fingerprint density at radius 1 is 1.07 bits per heavy atom. The van der Waals surface area contributed by atoms with E-state index in [4.69, 9.17) is 0 Å². The molecule has 1 aromatic heterocycles. The number of nitrogens with one attached hydrogen (secondary N) is 1. The van der Waals surface area contributed by atoms with Gasteiger partial charge >= 0.3 is 6.18 Å². The van der Waals surface area contributed by atoms with Crippen molar-refractivity contribution < 1.29 is 36.3 Å². The number of carbonyl (C=O) groups is 2. The zero-order valence-electron chi connectivity index (χ0n) is 22.2. The number of likely N-dealkylation sites (tertiary alicyclic amines) is 1. The van der Waals surface area contributed by atoms with E-state index in [0.29, 0.717) is 24.9 Å². The van der Waals surface area contributed by atoms with Crippen molar-refractivity contribution in [3.8, 4) is 5.69 Å². The molecule has 0 unspecified atom stereocenters. The van der Waals surface area contributed by atoms with Gasteiger partial charge in [-0.3, -0.25) is 19.0 Å². The van der Waals surface area contributed by atoms with Gasteiger partial charge < -0.3 is 15.3 Å². The zero-order valence-corrected chi connectivity index (χ0v) is 23.1. The number of halogens is 3. The second kappa shape index (κ2) is 11.5. The van der Waals surface area contributed by atoms with Crippen molar-refractivity contribution in [2.75, 3.05) is 19.4 Å². The number of sulfone groups is 1. The van der Waals surface area contributed by atoms with Crippen molar-refractivity contribution >= 4 is 21.7 Å². The van der Waals surface area contributed by atoms with Crippen LogP contribution in [0, 0.1) is 6.92 Å². The summed E-state index contributed by atoms with van der Waals surface area (Å²) >= 11 is 0. The summed E-state index contributed by atoms with van der Waals surface area (Å²) in [6.45, 7) is 1.35. The Morgan fingerprint density at radius 3 is 2.37 bits per heavy atom. The molecule has 218 valence electrons. The van der Waals surface area contributed by atoms with Gasteiger partial charge in [0.25, 0.3) is 17.4 Å². The number of hydrogen-bond acceptors (Lipinski definition) is 6. The van der Waals surface area contributed by atoms with Gasteiger partial charge in [-0.1, -0.05) is 18.2 Å². The van der Waals surface area contributed by atoms with E-state index in [2.05, 4.69) is 5.32 Å². The van der Waals surface area contributed by atoms with Gasteiger partial charge in [0.1, 0.15) is 5.56 Å². The summed E-state index contributed by atoms with van der Waals surface area (Å²) in [7, 11) is -3.43. The van der Waals surface area contributed by atoms with E-state index in [0.717, 1.165) is 35.1 Å². The Hall–Kier alpha value is -3.97. The van der Waals surface area contributed by atoms with Gasteiger partial charge in [-0.05, 0) is 61.7 Å². The standard InChI is InChI=1S/C28H28F3N3O6S/c1-17-23(26(37)33-12-4-7-21(33)16-35)14-24(25(36)32-15-18-8-10-22(11-9-18)41(2,39)40)27(38)34(17)20-6-3-5-19(13-20)28(29,30)31/h3,5-6,8-11,13-14,21,35H,4,7,12,15-16H2,1-2H3,(H,32,36)/t21-/m1/s1. The highest BCUT2D eigenvalue weighted by Gasteiger charge is 2.33. The molecule has 0 aliphatic carbocycles. The summed E-state index contributed by atoms with van der Waals surface area (Å²) in [4.78, 5) is 41.9. The highest BCUT2D eigenvalue weighted by molar-refractivity contribution is 7.90. The Kier molecular flexibility index (Phi) is 8.41. The SMILES string of the molecule is Cc1c(C(=O)N2CCC[C@@H]2CO)cc(C(=O)NCc2ccc(S(C)(=O)=O)cc2)c(=O)n1-c1cccc(C(F)(F)F)c1. The van der Waals surface area contributed by atoms with Gasteiger partial charge in [-0.25, -0.2) is 8.42 Å². The molecule has 0 radical (unpaired) electrons. The summed E-state index contributed by atoms with van der Waals surface area (Å²) in [5, 5.41) is 12.3. The van der Waals surface area contributed by atoms with Crippen LogP contribution in [0.4, 0.5) is 13.2 Å². The summed E-state index contributed by atoms with van der Waals surface area (Å²) in [5.41, 5.74) is -2.09. The van der Waals surface area contributed by atoms with Crippen LogP contribution in [0.1, 0.15) is 50.4 Å². The summed E-state index contributed by atoms with van der Waals surface area (Å²) in [6, 6.07) is 10.4. The largest absolute Gasteiger partial charge is 0.416 e. The van der Waals surface area contributed by atoms with Gasteiger partial charge in [0.05, 0.1) is 28.7 Å². The van der Waals surface area contributed by atoms with Crippen LogP contribution in [0.5, 0.6) is 0 Å². The van der Waals surface area contributed by atoms with Gasteiger partial charge in [0.2, 0.25) is 0 Å². The average Bonchev–Trinajstić information content (AvgIpc) is 3.40. The third-order valence-corrected chi connectivity index (χ3v) is 8.14. The lowest BCUT2D eigenvalue weighted by molar-refractivity contribution is -0.137. The van der Waals surface area contributed by atoms with Crippen LogP contribution in [0.25, 0.3) is 5.69 Å². The molecule has 41 heavy (non-hydrogen) atoms. The number of alkyl halides is 3. The zero-order chi connectivity index (χ0) is 30.1. The van der Waals surface area contributed by atoms with Gasteiger partial charge in [-0.2, -0.15) is 13.2 Å². The van der Waals surface area contributed by atoms with Crippen LogP contribution in [-0.4, -0.2) is 60.3 Å². The predicted octanol–water partition coefficient (Wildman–Crippen LogP) is 3.10. The molecule has 1 aliphatic rings. The van der Waals surface area contributed by atoms with Crippen LogP contribution >= 0.6 is 0 Å². The number of pyridine rings is 1. The van der Waals surface area contributed by atoms with Crippen LogP contribution in [0.3, 0.4) is 0 Å². The minimum atomic E-state index is -4.70. The maximum Gasteiger partial charge on any atom is 0.416 e. The van der Waals surface area contributed by atoms with Crippen LogP contribution < -0.4 is 10.9 Å². The summed E-state index contributed by atoms with van der Waals surface area (Å²) < 4.78 is 64.7. The predicted molar refractivity (Wildman–Crippen MR) is 144 cm³/mol. The van der Waals surface area contributed by atoms with Crippen LogP contribution in [0.2, 0.25) is 0 Å². The molecule has 1 atom stereocenters. The first kappa shape index (κ1) is 30.0. The van der Waals surface area contributed by atoms with Crippen molar-refractivity contribution in [3.63, 3.8) is 0 Å². The molecule has 4 rings (SSSR count). The number of amides is 2. The van der Waals surface area contributed by atoms with Crippen LogP contribution in [-0.2, 0) is 22.6 Å². The molecule has 13 heteroatoms. The Morgan fingerprint density at radius 2 is 1.76 bits per heavy atom. The van der Waals surface area contributed by atoms with E-state index >= 15 is 0 Å². The van der Waals surface area contributed by atoms with Crippen molar-refractivity contribution in [2.24, 2.45) is 0 Å². The molecule has 0 bridgehead atoms. The van der Waals surface area contributed by atoms with Crippen molar-refractivity contribution in [3.05, 3.63) is 92.9 Å². The molecule has 1 fully saturated rings. The Labute approximate surface area is 234 Å². The number of carbonyl (C=O) groups excluding carboxylic acids is 2. The molecular formula is C28H28F3N3O6S. The molecule has 2 N–H and O–H groups in total. The van der Waals surface area contributed by atoms with Crippen molar-refractivity contribution in [2.45, 2.75) is 43.4 Å². The number of aliphatic hydroxyl groups excluding tert-OH is 1. The van der Waals surface area contributed by atoms with E-state index in [1.165, 1.54) is 42.2 Å². The van der Waals surface area contributed by atoms with Crippen LogP contribution in [0.15, 0.2) is 64.3 Å². The average molecular weight is 592 g/mol. The normalized spacial score (nSPS) is 15.7. The van der Waals surface area contributed by atoms with E-state index < -0.39 is 50.6 Å². The van der Waals surface area contributed by atoms with Gasteiger partial charge in [-0.15, -0.1) is 0 Å². The first-order valence-corrected chi connectivity index (χ1v) is 14.5. The fourth-order valence-electron chi connectivity index (χ4n) is 4.79. The maximum absolute atomic E-state index is 13.6. The molecule has 2 amide bonds. The molecule has 1 aliphatic heterocycles. The molecule has 1 saturated heterocycles. The van der Waals surface area contributed by atoms with Crippen molar-refractivity contribution in [1.82, 2.24) is 14.8 Å². The molecule has 0 saturated carbocycles. The smallest absolute Gasteiger partial charge is 0.394 e. The summed E-state index contributed by atoms with van der Waals surface area (Å²) in [5.74, 6) is -1.44. The fourth-order valence-corrected chi connectivity index (χ4v) is 5.43. The maximum atomic E-state index is 13.6. The number of nitrogens with zero attached hydrogens (tertiary/aromatic N) is 2. The molecular weight excluding hydrogens is 563 g/mol. The summed E-state index contributed by atoms with van der Waals surface area (Å²) in [6.07, 6.45) is -2.45. The van der Waals surface area contributed by atoms with E-state index in [9.17, 15) is 41.1 Å². The number of aliphatic hydroxyl groups is 1. The Bertz CT molecular complexity index is 1650. The van der Waals surface area contributed by atoms with E-state index in [1.54, 1.807) is 0 Å². The minimum Gasteiger partial charge on any atom is -0.394 e. The first-order chi connectivity index (χ1) is 19.2. The molecule has 2 heterocycles. The molecule has 0 spiro atoms. The molecule has 2 aromatic carbocycles. The van der Waals surface area contributed by atoms with E-state index in [1.807, 2.05) is 0 Å². The highest BCUT2D eigenvalue weighted by atomic mass is 32.2. The fraction of sp³-hybridized carbons (Fsp3) is 0.321. The quantitative estimate of drug-likeness (QED) is 0.435. The van der Waals surface area contributed by atoms with E-state index in [-0.39, 0.29) is 35.0 Å². The lowest BCUT2D eigenvalue weighted by atomic mass is 10.1. The van der Waals surface area contributed by atoms with Crippen molar-refractivity contribution in [1.29, 1.82) is 0 Å². The number of aromatic nitrogens is 1. The topological polar surface area (TPSA) is 126 Å². The highest BCUT2D eigenvalue weighted by Crippen LogP contribution is 2.31. The molecule has 3 aromatic rings. The molecule has 9 nitrogen and oxygen atoms in total. The third-order valence-electron chi connectivity index (χ3n) is 7.01. The lowest BCUT2D eigenvalue weighted by Gasteiger charge is -2.25. The number of benzene rings is 2. The van der Waals surface area contributed by atoms with Gasteiger partial charge in [0.15, 0.2) is 9.84 Å². The number of hydrogen-bond donors (Lipinski definition) is 2. The Balaban J connectivity index is 1.77. The lowest BCUT2D eigenvalue weighted by Crippen LogP contribution is -2.40.